The number of phenols is 1. The Bertz CT molecular complexity index is 1020. The average Bonchev–Trinajstić information content (AvgIpc) is 3.16. The summed E-state index contributed by atoms with van der Waals surface area (Å²) in [6.45, 7) is 3.68. The Balaban J connectivity index is 1.96. The predicted molar refractivity (Wildman–Crippen MR) is 103 cm³/mol. The topological polar surface area (TPSA) is 120 Å². The highest BCUT2D eigenvalue weighted by Gasteiger charge is 2.22. The smallest absolute Gasteiger partial charge is 0.413 e. The van der Waals surface area contributed by atoms with Gasteiger partial charge in [0.25, 0.3) is 0 Å². The number of H-pyrrole nitrogens is 1. The van der Waals surface area contributed by atoms with Gasteiger partial charge >= 0.3 is 6.09 Å². The van der Waals surface area contributed by atoms with Crippen LogP contribution in [0.3, 0.4) is 0 Å². The van der Waals surface area contributed by atoms with Crippen LogP contribution in [0.4, 0.5) is 15.9 Å². The number of aromatic nitrogens is 3. The van der Waals surface area contributed by atoms with E-state index in [0.717, 1.165) is 0 Å². The van der Waals surface area contributed by atoms with Gasteiger partial charge in [0.2, 0.25) is 11.7 Å². The number of hydrogen-bond donors (Lipinski definition) is 3. The van der Waals surface area contributed by atoms with Crippen LogP contribution in [0.1, 0.15) is 27.9 Å². The molecule has 0 radical (unpaired) electrons. The summed E-state index contributed by atoms with van der Waals surface area (Å²) in [5, 5.41) is 13.5. The second-order valence-electron chi connectivity index (χ2n) is 5.95. The molecule has 0 unspecified atom stereocenters. The maximum Gasteiger partial charge on any atom is 0.413 e. The van der Waals surface area contributed by atoms with E-state index in [2.05, 4.69) is 20.3 Å². The second-order valence-corrected chi connectivity index (χ2v) is 6.93. The number of aryl methyl sites for hydroxylation is 1. The third-order valence-corrected chi connectivity index (χ3v) is 5.04. The lowest BCUT2D eigenvalue weighted by Crippen LogP contribution is -2.14. The fraction of sp³-hybridized carbons (Fsp3) is 0.294. The number of thiazole rings is 1. The molecule has 9 nitrogen and oxygen atoms in total. The first-order chi connectivity index (χ1) is 12.8. The lowest BCUT2D eigenvalue weighted by atomic mass is 10.1. The summed E-state index contributed by atoms with van der Waals surface area (Å²) in [6.07, 6.45) is -0.645. The zero-order valence-corrected chi connectivity index (χ0v) is 16.1. The van der Waals surface area contributed by atoms with Crippen molar-refractivity contribution in [1.82, 2.24) is 15.0 Å². The van der Waals surface area contributed by atoms with E-state index in [4.69, 9.17) is 4.74 Å². The van der Waals surface area contributed by atoms with Gasteiger partial charge < -0.3 is 19.7 Å². The summed E-state index contributed by atoms with van der Waals surface area (Å²) in [6, 6.07) is 2.88. The zero-order valence-electron chi connectivity index (χ0n) is 15.3. The van der Waals surface area contributed by atoms with E-state index >= 15 is 0 Å². The Kier molecular flexibility index (Phi) is 5.00. The van der Waals surface area contributed by atoms with Crippen molar-refractivity contribution in [1.29, 1.82) is 0 Å². The van der Waals surface area contributed by atoms with Gasteiger partial charge in [0.05, 0.1) is 28.9 Å². The number of carbonyl (C=O) groups excluding carboxylic acids is 2. The average molecular weight is 389 g/mol. The molecule has 0 aliphatic carbocycles. The van der Waals surface area contributed by atoms with E-state index in [9.17, 15) is 14.7 Å². The van der Waals surface area contributed by atoms with E-state index in [1.54, 1.807) is 13.8 Å². The molecule has 3 aromatic rings. The van der Waals surface area contributed by atoms with E-state index in [1.807, 2.05) is 19.0 Å². The number of nitrogens with one attached hydrogen (secondary N) is 2. The van der Waals surface area contributed by atoms with Crippen molar-refractivity contribution in [3.05, 3.63) is 28.3 Å². The Morgan fingerprint density at radius 2 is 2.07 bits per heavy atom. The normalized spacial score (nSPS) is 10.8. The standard InChI is InChI=1S/C17H19N5O4S/c1-5-26-17(25)21-15-19-10-6-9(12(23)7-11(10)20-15)13(24)14-8(2)18-16(27-14)22(3)4/h6-7,23H,5H2,1-4H3,(H2,19,20,21,25). The van der Waals surface area contributed by atoms with Gasteiger partial charge in [0.1, 0.15) is 10.6 Å². The third kappa shape index (κ3) is 3.70. The molecule has 2 aromatic heterocycles. The molecule has 27 heavy (non-hydrogen) atoms. The fourth-order valence-corrected chi connectivity index (χ4v) is 3.40. The van der Waals surface area contributed by atoms with Crippen LogP contribution < -0.4 is 10.2 Å². The number of anilines is 2. The van der Waals surface area contributed by atoms with E-state index in [0.29, 0.717) is 26.7 Å². The first-order valence-electron chi connectivity index (χ1n) is 8.16. The van der Waals surface area contributed by atoms with Crippen LogP contribution in [-0.2, 0) is 4.74 Å². The fourth-order valence-electron chi connectivity index (χ4n) is 2.46. The number of phenolic OH excluding ortho intramolecular Hbond substituents is 1. The molecule has 0 saturated heterocycles. The molecule has 0 aliphatic rings. The van der Waals surface area contributed by atoms with Crippen LogP contribution in [0.2, 0.25) is 0 Å². The monoisotopic (exact) mass is 389 g/mol. The van der Waals surface area contributed by atoms with Gasteiger partial charge in [-0.05, 0) is 19.9 Å². The first kappa shape index (κ1) is 18.6. The molecule has 1 aromatic carbocycles. The molecule has 2 heterocycles. The number of aromatic amines is 1. The van der Waals surface area contributed by atoms with Gasteiger partial charge in [-0.1, -0.05) is 11.3 Å². The summed E-state index contributed by atoms with van der Waals surface area (Å²) >= 11 is 1.26. The Hall–Kier alpha value is -3.14. The van der Waals surface area contributed by atoms with Crippen molar-refractivity contribution >= 4 is 45.3 Å². The number of imidazole rings is 1. The van der Waals surface area contributed by atoms with E-state index < -0.39 is 6.09 Å². The van der Waals surface area contributed by atoms with Crippen molar-refractivity contribution in [3.63, 3.8) is 0 Å². The van der Waals surface area contributed by atoms with Gasteiger partial charge in [-0.25, -0.2) is 14.8 Å². The summed E-state index contributed by atoms with van der Waals surface area (Å²) in [5.74, 6) is -0.357. The van der Waals surface area contributed by atoms with Gasteiger partial charge in [0.15, 0.2) is 5.13 Å². The van der Waals surface area contributed by atoms with Crippen molar-refractivity contribution in [2.24, 2.45) is 0 Å². The lowest BCUT2D eigenvalue weighted by Gasteiger charge is -2.05. The first-order valence-corrected chi connectivity index (χ1v) is 8.97. The molecule has 142 valence electrons. The molecular formula is C17H19N5O4S. The number of hydrogen-bond acceptors (Lipinski definition) is 8. The zero-order chi connectivity index (χ0) is 19.7. The van der Waals surface area contributed by atoms with Crippen LogP contribution in [0.5, 0.6) is 5.75 Å². The lowest BCUT2D eigenvalue weighted by molar-refractivity contribution is 0.103. The number of fused-ring (bicyclic) bond motifs is 1. The van der Waals surface area contributed by atoms with Gasteiger partial charge in [-0.15, -0.1) is 0 Å². The molecule has 3 N–H and O–H groups in total. The number of carbonyl (C=O) groups is 2. The Morgan fingerprint density at radius 3 is 2.70 bits per heavy atom. The van der Waals surface area contributed by atoms with Crippen LogP contribution in [0, 0.1) is 6.92 Å². The van der Waals surface area contributed by atoms with E-state index in [-0.39, 0.29) is 29.7 Å². The predicted octanol–water partition coefficient (Wildman–Crippen LogP) is 2.90. The number of aromatic hydroxyl groups is 1. The maximum atomic E-state index is 12.9. The van der Waals surface area contributed by atoms with Crippen molar-refractivity contribution in [2.45, 2.75) is 13.8 Å². The second kappa shape index (κ2) is 7.23. The largest absolute Gasteiger partial charge is 0.507 e. The van der Waals surface area contributed by atoms with Crippen molar-refractivity contribution < 1.29 is 19.4 Å². The summed E-state index contributed by atoms with van der Waals surface area (Å²) < 4.78 is 4.80. The molecule has 0 bridgehead atoms. The van der Waals surface area contributed by atoms with Crippen LogP contribution in [0.25, 0.3) is 11.0 Å². The third-order valence-electron chi connectivity index (χ3n) is 3.71. The van der Waals surface area contributed by atoms with Crippen molar-refractivity contribution in [3.8, 4) is 5.75 Å². The highest BCUT2D eigenvalue weighted by molar-refractivity contribution is 7.17. The Labute approximate surface area is 159 Å². The van der Waals surface area contributed by atoms with Crippen LogP contribution in [-0.4, -0.2) is 52.6 Å². The minimum absolute atomic E-state index is 0.130. The van der Waals surface area contributed by atoms with E-state index in [1.165, 1.54) is 23.5 Å². The quantitative estimate of drug-likeness (QED) is 0.574. The van der Waals surface area contributed by atoms with Crippen molar-refractivity contribution in [2.75, 3.05) is 30.9 Å². The molecule has 0 fully saturated rings. The minimum Gasteiger partial charge on any atom is -0.507 e. The molecule has 0 saturated carbocycles. The SMILES string of the molecule is CCOC(=O)Nc1nc2cc(O)c(C(=O)c3sc(N(C)C)nc3C)cc2[nH]1. The molecule has 0 spiro atoms. The number of rotatable bonds is 5. The molecule has 1 amide bonds. The van der Waals surface area contributed by atoms with Gasteiger partial charge in [-0.3, -0.25) is 10.1 Å². The number of ether oxygens (including phenoxy) is 1. The van der Waals surface area contributed by atoms with Gasteiger partial charge in [-0.2, -0.15) is 0 Å². The molecule has 0 atom stereocenters. The van der Waals surface area contributed by atoms with Gasteiger partial charge in [0, 0.05) is 20.2 Å². The number of ketones is 1. The minimum atomic E-state index is -0.645. The number of amides is 1. The molecular weight excluding hydrogens is 370 g/mol. The summed E-state index contributed by atoms with van der Waals surface area (Å²) in [4.78, 5) is 38.1. The summed E-state index contributed by atoms with van der Waals surface area (Å²) in [7, 11) is 3.69. The van der Waals surface area contributed by atoms with Crippen LogP contribution in [0.15, 0.2) is 12.1 Å². The number of benzene rings is 1. The summed E-state index contributed by atoms with van der Waals surface area (Å²) in [5.41, 5.74) is 1.64. The highest BCUT2D eigenvalue weighted by Crippen LogP contribution is 2.31. The molecule has 0 aliphatic heterocycles. The Morgan fingerprint density at radius 1 is 1.33 bits per heavy atom. The van der Waals surface area contributed by atoms with Crippen LogP contribution >= 0.6 is 11.3 Å². The number of nitrogens with zero attached hydrogens (tertiary/aromatic N) is 3. The maximum absolute atomic E-state index is 12.9. The molecule has 3 rings (SSSR count). The highest BCUT2D eigenvalue weighted by atomic mass is 32.1. The molecule has 10 heteroatoms.